The Kier molecular flexibility index (Phi) is 3.56. The van der Waals surface area contributed by atoms with Crippen molar-refractivity contribution in [1.29, 1.82) is 0 Å². The van der Waals surface area contributed by atoms with E-state index in [2.05, 4.69) is 10.3 Å². The Morgan fingerprint density at radius 2 is 2.12 bits per heavy atom. The van der Waals surface area contributed by atoms with Crippen molar-refractivity contribution in [2.75, 3.05) is 26.2 Å². The van der Waals surface area contributed by atoms with Gasteiger partial charge in [-0.3, -0.25) is 4.79 Å². The molecule has 1 saturated heterocycles. The summed E-state index contributed by atoms with van der Waals surface area (Å²) >= 11 is 1.66. The third-order valence-electron chi connectivity index (χ3n) is 2.79. The second-order valence-electron chi connectivity index (χ2n) is 4.04. The molecular formula is C11H17N3OS. The summed E-state index contributed by atoms with van der Waals surface area (Å²) in [6.45, 7) is 7.46. The van der Waals surface area contributed by atoms with Crippen LogP contribution < -0.4 is 5.32 Å². The summed E-state index contributed by atoms with van der Waals surface area (Å²) in [4.78, 5) is 19.5. The molecule has 0 spiro atoms. The number of rotatable bonds is 2. The van der Waals surface area contributed by atoms with Crippen LogP contribution in [0.4, 0.5) is 0 Å². The van der Waals surface area contributed by atoms with E-state index in [0.717, 1.165) is 36.9 Å². The molecule has 2 rings (SSSR count). The molecule has 0 aromatic carbocycles. The molecule has 5 heteroatoms. The maximum Gasteiger partial charge on any atom is 0.228 e. The van der Waals surface area contributed by atoms with Gasteiger partial charge in [-0.05, 0) is 13.8 Å². The largest absolute Gasteiger partial charge is 0.340 e. The van der Waals surface area contributed by atoms with Crippen molar-refractivity contribution in [2.45, 2.75) is 20.3 Å². The molecule has 88 valence electrons. The van der Waals surface area contributed by atoms with E-state index in [1.165, 1.54) is 4.88 Å². The lowest BCUT2D eigenvalue weighted by molar-refractivity contribution is -0.131. The highest BCUT2D eigenvalue weighted by Crippen LogP contribution is 2.17. The van der Waals surface area contributed by atoms with Crippen LogP contribution in [0.25, 0.3) is 0 Å². The molecule has 1 aromatic rings. The monoisotopic (exact) mass is 239 g/mol. The number of nitrogens with zero attached hydrogens (tertiary/aromatic N) is 2. The third-order valence-corrected chi connectivity index (χ3v) is 3.72. The van der Waals surface area contributed by atoms with Crippen LogP contribution in [0.1, 0.15) is 15.6 Å². The Morgan fingerprint density at radius 3 is 2.69 bits per heavy atom. The number of carbonyl (C=O) groups excluding carboxylic acids is 1. The van der Waals surface area contributed by atoms with Crippen LogP contribution in [0.5, 0.6) is 0 Å². The van der Waals surface area contributed by atoms with Crippen molar-refractivity contribution in [3.8, 4) is 0 Å². The van der Waals surface area contributed by atoms with Crippen molar-refractivity contribution in [2.24, 2.45) is 0 Å². The Labute approximate surface area is 99.7 Å². The zero-order chi connectivity index (χ0) is 11.5. The zero-order valence-corrected chi connectivity index (χ0v) is 10.6. The Morgan fingerprint density at radius 1 is 1.44 bits per heavy atom. The van der Waals surface area contributed by atoms with Gasteiger partial charge in [0.05, 0.1) is 17.1 Å². The first kappa shape index (κ1) is 11.5. The van der Waals surface area contributed by atoms with Crippen LogP contribution in [0.15, 0.2) is 0 Å². The van der Waals surface area contributed by atoms with E-state index < -0.39 is 0 Å². The molecule has 1 N–H and O–H groups in total. The van der Waals surface area contributed by atoms with Gasteiger partial charge in [0.2, 0.25) is 5.91 Å². The van der Waals surface area contributed by atoms with Crippen molar-refractivity contribution < 1.29 is 4.79 Å². The quantitative estimate of drug-likeness (QED) is 0.827. The number of amides is 1. The van der Waals surface area contributed by atoms with Crippen molar-refractivity contribution in [3.63, 3.8) is 0 Å². The van der Waals surface area contributed by atoms with Gasteiger partial charge in [-0.25, -0.2) is 4.98 Å². The minimum absolute atomic E-state index is 0.204. The predicted octanol–water partition coefficient (Wildman–Crippen LogP) is 0.734. The molecule has 0 aliphatic carbocycles. The highest BCUT2D eigenvalue weighted by atomic mass is 32.1. The molecule has 0 unspecified atom stereocenters. The summed E-state index contributed by atoms with van der Waals surface area (Å²) in [7, 11) is 0. The zero-order valence-electron chi connectivity index (χ0n) is 9.75. The van der Waals surface area contributed by atoms with Gasteiger partial charge in [-0.2, -0.15) is 0 Å². The first-order chi connectivity index (χ1) is 7.66. The summed E-state index contributed by atoms with van der Waals surface area (Å²) < 4.78 is 0. The van der Waals surface area contributed by atoms with Gasteiger partial charge in [-0.15, -0.1) is 11.3 Å². The fourth-order valence-corrected chi connectivity index (χ4v) is 2.74. The molecule has 1 fully saturated rings. The number of aryl methyl sites for hydroxylation is 2. The van der Waals surface area contributed by atoms with E-state index in [9.17, 15) is 4.79 Å². The molecule has 1 aliphatic rings. The number of piperazine rings is 1. The summed E-state index contributed by atoms with van der Waals surface area (Å²) in [5.41, 5.74) is 0.950. The third kappa shape index (κ3) is 2.59. The second kappa shape index (κ2) is 4.93. The van der Waals surface area contributed by atoms with Gasteiger partial charge in [0.15, 0.2) is 0 Å². The number of thiazole rings is 1. The van der Waals surface area contributed by atoms with Gasteiger partial charge >= 0.3 is 0 Å². The second-order valence-corrected chi connectivity index (χ2v) is 5.45. The standard InChI is InChI=1S/C11H17N3OS/c1-8-10(13-9(2)16-8)7-11(15)14-5-3-12-4-6-14/h12H,3-7H2,1-2H3. The minimum Gasteiger partial charge on any atom is -0.340 e. The van der Waals surface area contributed by atoms with Crippen molar-refractivity contribution in [3.05, 3.63) is 15.6 Å². The number of nitrogens with one attached hydrogen (secondary N) is 1. The number of hydrogen-bond donors (Lipinski definition) is 1. The Balaban J connectivity index is 1.98. The molecule has 1 aliphatic heterocycles. The molecule has 1 amide bonds. The van der Waals surface area contributed by atoms with Gasteiger partial charge in [0.1, 0.15) is 0 Å². The summed E-state index contributed by atoms with van der Waals surface area (Å²) in [5, 5.41) is 4.28. The van der Waals surface area contributed by atoms with Crippen LogP contribution in [-0.4, -0.2) is 42.0 Å². The first-order valence-electron chi connectivity index (χ1n) is 5.58. The normalized spacial score (nSPS) is 16.5. The van der Waals surface area contributed by atoms with E-state index >= 15 is 0 Å². The van der Waals surface area contributed by atoms with Gasteiger partial charge in [0, 0.05) is 31.1 Å². The van der Waals surface area contributed by atoms with Crippen LogP contribution in [0, 0.1) is 13.8 Å². The van der Waals surface area contributed by atoms with Crippen molar-refractivity contribution >= 4 is 17.2 Å². The van der Waals surface area contributed by atoms with Gasteiger partial charge in [-0.1, -0.05) is 0 Å². The lowest BCUT2D eigenvalue weighted by Gasteiger charge is -2.27. The minimum atomic E-state index is 0.204. The Bertz CT molecular complexity index is 383. The van der Waals surface area contributed by atoms with E-state index in [1.807, 2.05) is 18.7 Å². The molecule has 2 heterocycles. The van der Waals surface area contributed by atoms with Gasteiger partial charge < -0.3 is 10.2 Å². The molecule has 0 atom stereocenters. The fraction of sp³-hybridized carbons (Fsp3) is 0.636. The SMILES string of the molecule is Cc1nc(CC(=O)N2CCNCC2)c(C)s1. The van der Waals surface area contributed by atoms with Crippen molar-refractivity contribution in [1.82, 2.24) is 15.2 Å². The number of hydrogen-bond acceptors (Lipinski definition) is 4. The van der Waals surface area contributed by atoms with E-state index in [-0.39, 0.29) is 5.91 Å². The molecule has 4 nitrogen and oxygen atoms in total. The van der Waals surface area contributed by atoms with Crippen LogP contribution in [-0.2, 0) is 11.2 Å². The van der Waals surface area contributed by atoms with E-state index in [0.29, 0.717) is 6.42 Å². The average Bonchev–Trinajstić information content (AvgIpc) is 2.59. The highest BCUT2D eigenvalue weighted by Gasteiger charge is 2.18. The lowest BCUT2D eigenvalue weighted by Crippen LogP contribution is -2.47. The van der Waals surface area contributed by atoms with E-state index in [4.69, 9.17) is 0 Å². The number of carbonyl (C=O) groups is 1. The highest BCUT2D eigenvalue weighted by molar-refractivity contribution is 7.11. The van der Waals surface area contributed by atoms with E-state index in [1.54, 1.807) is 11.3 Å². The molecule has 0 saturated carbocycles. The maximum absolute atomic E-state index is 12.0. The predicted molar refractivity (Wildman–Crippen MR) is 64.7 cm³/mol. The average molecular weight is 239 g/mol. The molecular weight excluding hydrogens is 222 g/mol. The molecule has 1 aromatic heterocycles. The van der Waals surface area contributed by atoms with Gasteiger partial charge in [0.25, 0.3) is 0 Å². The lowest BCUT2D eigenvalue weighted by atomic mass is 10.2. The maximum atomic E-state index is 12.0. The first-order valence-corrected chi connectivity index (χ1v) is 6.40. The fourth-order valence-electron chi connectivity index (χ4n) is 1.91. The molecule has 0 radical (unpaired) electrons. The molecule has 16 heavy (non-hydrogen) atoms. The van der Waals surface area contributed by atoms with Crippen LogP contribution in [0.3, 0.4) is 0 Å². The number of aromatic nitrogens is 1. The summed E-state index contributed by atoms with van der Waals surface area (Å²) in [5.74, 6) is 0.204. The molecule has 0 bridgehead atoms. The summed E-state index contributed by atoms with van der Waals surface area (Å²) in [6, 6.07) is 0. The smallest absolute Gasteiger partial charge is 0.228 e. The topological polar surface area (TPSA) is 45.2 Å². The summed E-state index contributed by atoms with van der Waals surface area (Å²) in [6.07, 6.45) is 0.455. The van der Waals surface area contributed by atoms with Crippen LogP contribution >= 0.6 is 11.3 Å². The Hall–Kier alpha value is -0.940. The van der Waals surface area contributed by atoms with Crippen LogP contribution in [0.2, 0.25) is 0 Å².